The van der Waals surface area contributed by atoms with Crippen LogP contribution in [-0.4, -0.2) is 33.6 Å². The lowest BCUT2D eigenvalue weighted by molar-refractivity contribution is 0.0958. The molecule has 8 heteroatoms. The molecule has 2 N–H and O–H groups in total. The van der Waals surface area contributed by atoms with Crippen LogP contribution in [0.1, 0.15) is 32.6 Å². The van der Waals surface area contributed by atoms with Crippen molar-refractivity contribution in [3.8, 4) is 0 Å². The molecule has 0 saturated heterocycles. The minimum Gasteiger partial charge on any atom is -0.436 e. The van der Waals surface area contributed by atoms with E-state index in [0.29, 0.717) is 17.3 Å². The van der Waals surface area contributed by atoms with Crippen LogP contribution in [0, 0.1) is 13.8 Å². The number of oxazole rings is 1. The third-order valence-corrected chi connectivity index (χ3v) is 2.63. The van der Waals surface area contributed by atoms with Gasteiger partial charge in [0.1, 0.15) is 0 Å². The molecule has 0 fully saturated rings. The van der Waals surface area contributed by atoms with E-state index in [1.54, 1.807) is 27.1 Å². The molecule has 0 atom stereocenters. The number of nitrogens with one attached hydrogen (secondary N) is 2. The van der Waals surface area contributed by atoms with Gasteiger partial charge < -0.3 is 15.1 Å². The second-order valence-electron chi connectivity index (χ2n) is 4.25. The van der Waals surface area contributed by atoms with Crippen LogP contribution in [0.15, 0.2) is 10.6 Å². The number of nitrogens with zero attached hydrogens (tertiary/aromatic N) is 3. The number of anilines is 1. The average Bonchev–Trinajstić information content (AvgIpc) is 2.91. The molecular formula is C12H15N5O3. The zero-order valence-corrected chi connectivity index (χ0v) is 11.6. The van der Waals surface area contributed by atoms with Gasteiger partial charge in [0.05, 0.1) is 11.4 Å². The molecule has 0 aliphatic heterocycles. The largest absolute Gasteiger partial charge is 0.436 e. The van der Waals surface area contributed by atoms with Crippen molar-refractivity contribution in [1.82, 2.24) is 20.1 Å². The number of hydrogen-bond acceptors (Lipinski definition) is 5. The second-order valence-corrected chi connectivity index (χ2v) is 4.25. The highest BCUT2D eigenvalue weighted by Gasteiger charge is 2.21. The number of aryl methyl sites for hydroxylation is 3. The van der Waals surface area contributed by atoms with Gasteiger partial charge in [-0.1, -0.05) is 0 Å². The van der Waals surface area contributed by atoms with Crippen molar-refractivity contribution in [2.75, 3.05) is 12.4 Å². The van der Waals surface area contributed by atoms with Crippen molar-refractivity contribution in [3.63, 3.8) is 0 Å². The number of hydrogen-bond donors (Lipinski definition) is 2. The molecule has 20 heavy (non-hydrogen) atoms. The van der Waals surface area contributed by atoms with Gasteiger partial charge in [-0.3, -0.25) is 14.3 Å². The van der Waals surface area contributed by atoms with E-state index in [0.717, 1.165) is 0 Å². The number of rotatable bonds is 3. The van der Waals surface area contributed by atoms with Gasteiger partial charge in [-0.25, -0.2) is 4.98 Å². The van der Waals surface area contributed by atoms with E-state index in [4.69, 9.17) is 4.42 Å². The van der Waals surface area contributed by atoms with Gasteiger partial charge in [0.2, 0.25) is 5.76 Å². The predicted molar refractivity (Wildman–Crippen MR) is 70.5 cm³/mol. The monoisotopic (exact) mass is 277 g/mol. The van der Waals surface area contributed by atoms with E-state index in [9.17, 15) is 9.59 Å². The zero-order chi connectivity index (χ0) is 14.9. The summed E-state index contributed by atoms with van der Waals surface area (Å²) in [6, 6.07) is 0. The maximum atomic E-state index is 12.1. The first-order valence-electron chi connectivity index (χ1n) is 5.93. The summed E-state index contributed by atoms with van der Waals surface area (Å²) in [6.45, 7) is 3.33. The minimum absolute atomic E-state index is 0.120. The van der Waals surface area contributed by atoms with Crippen LogP contribution < -0.4 is 10.6 Å². The van der Waals surface area contributed by atoms with E-state index < -0.39 is 5.91 Å². The standard InChI is InChI=1S/C12H15N5O3/c1-6-10(20-7(2)14-6)12(19)15-8-5-17(4)16-9(8)11(18)13-3/h5H,1-4H3,(H,13,18)(H,15,19). The first-order chi connectivity index (χ1) is 9.42. The molecule has 0 unspecified atom stereocenters. The van der Waals surface area contributed by atoms with Crippen LogP contribution in [0.4, 0.5) is 5.69 Å². The van der Waals surface area contributed by atoms with E-state index >= 15 is 0 Å². The average molecular weight is 277 g/mol. The summed E-state index contributed by atoms with van der Waals surface area (Å²) in [5, 5.41) is 9.06. The Balaban J connectivity index is 2.28. The van der Waals surface area contributed by atoms with Crippen LogP contribution in [-0.2, 0) is 7.05 Å². The zero-order valence-electron chi connectivity index (χ0n) is 11.6. The molecule has 0 spiro atoms. The molecule has 0 aliphatic carbocycles. The molecule has 0 aromatic carbocycles. The van der Waals surface area contributed by atoms with Gasteiger partial charge in [0, 0.05) is 27.2 Å². The summed E-state index contributed by atoms with van der Waals surface area (Å²) in [5.74, 6) is -0.327. The van der Waals surface area contributed by atoms with Gasteiger partial charge in [0.25, 0.3) is 11.8 Å². The summed E-state index contributed by atoms with van der Waals surface area (Å²) < 4.78 is 6.67. The molecule has 2 rings (SSSR count). The Hall–Kier alpha value is -2.64. The molecule has 0 radical (unpaired) electrons. The molecule has 2 aromatic rings. The number of amides is 2. The van der Waals surface area contributed by atoms with Gasteiger partial charge in [-0.05, 0) is 6.92 Å². The van der Waals surface area contributed by atoms with Crippen molar-refractivity contribution in [2.24, 2.45) is 7.05 Å². The Labute approximate surface area is 115 Å². The number of carbonyl (C=O) groups excluding carboxylic acids is 2. The van der Waals surface area contributed by atoms with E-state index in [1.165, 1.54) is 11.7 Å². The number of aromatic nitrogens is 3. The molecule has 106 valence electrons. The third-order valence-electron chi connectivity index (χ3n) is 2.63. The fraction of sp³-hybridized carbons (Fsp3) is 0.333. The van der Waals surface area contributed by atoms with Gasteiger partial charge in [-0.15, -0.1) is 0 Å². The Morgan fingerprint density at radius 1 is 1.30 bits per heavy atom. The lowest BCUT2D eigenvalue weighted by Gasteiger charge is -2.02. The lowest BCUT2D eigenvalue weighted by atomic mass is 10.3. The van der Waals surface area contributed by atoms with Crippen molar-refractivity contribution < 1.29 is 14.0 Å². The summed E-state index contributed by atoms with van der Waals surface area (Å²) in [7, 11) is 3.15. The van der Waals surface area contributed by atoms with E-state index in [2.05, 4.69) is 20.7 Å². The Morgan fingerprint density at radius 3 is 2.55 bits per heavy atom. The van der Waals surface area contributed by atoms with Crippen molar-refractivity contribution in [1.29, 1.82) is 0 Å². The minimum atomic E-state index is -0.471. The van der Waals surface area contributed by atoms with Crippen molar-refractivity contribution >= 4 is 17.5 Å². The predicted octanol–water partition coefficient (Wildman–Crippen LogP) is 0.637. The SMILES string of the molecule is CNC(=O)c1nn(C)cc1NC(=O)c1oc(C)nc1C. The van der Waals surface area contributed by atoms with Crippen LogP contribution in [0.2, 0.25) is 0 Å². The first-order valence-corrected chi connectivity index (χ1v) is 5.93. The maximum absolute atomic E-state index is 12.1. The summed E-state index contributed by atoms with van der Waals surface area (Å²) in [5.41, 5.74) is 0.938. The normalized spacial score (nSPS) is 10.4. The molecule has 0 bridgehead atoms. The molecular weight excluding hydrogens is 262 g/mol. The van der Waals surface area contributed by atoms with Crippen LogP contribution in [0.3, 0.4) is 0 Å². The maximum Gasteiger partial charge on any atom is 0.293 e. The van der Waals surface area contributed by atoms with Gasteiger partial charge >= 0.3 is 0 Å². The molecule has 2 amide bonds. The highest BCUT2D eigenvalue weighted by atomic mass is 16.4. The highest BCUT2D eigenvalue weighted by Crippen LogP contribution is 2.16. The Bertz CT molecular complexity index is 671. The molecule has 0 saturated carbocycles. The molecule has 0 aliphatic rings. The fourth-order valence-electron chi connectivity index (χ4n) is 1.79. The topological polar surface area (TPSA) is 102 Å². The van der Waals surface area contributed by atoms with Crippen LogP contribution >= 0.6 is 0 Å². The lowest BCUT2D eigenvalue weighted by Crippen LogP contribution is -2.21. The van der Waals surface area contributed by atoms with Crippen LogP contribution in [0.5, 0.6) is 0 Å². The van der Waals surface area contributed by atoms with E-state index in [-0.39, 0.29) is 17.4 Å². The van der Waals surface area contributed by atoms with E-state index in [1.807, 2.05) is 0 Å². The third kappa shape index (κ3) is 2.53. The van der Waals surface area contributed by atoms with Gasteiger partial charge in [-0.2, -0.15) is 5.10 Å². The fourth-order valence-corrected chi connectivity index (χ4v) is 1.79. The quantitative estimate of drug-likeness (QED) is 0.857. The van der Waals surface area contributed by atoms with Crippen molar-refractivity contribution in [3.05, 3.63) is 29.2 Å². The molecule has 2 aromatic heterocycles. The summed E-state index contributed by atoms with van der Waals surface area (Å²) >= 11 is 0. The second kappa shape index (κ2) is 5.16. The molecule has 8 nitrogen and oxygen atoms in total. The van der Waals surface area contributed by atoms with Crippen molar-refractivity contribution in [2.45, 2.75) is 13.8 Å². The summed E-state index contributed by atoms with van der Waals surface area (Å²) in [4.78, 5) is 27.8. The summed E-state index contributed by atoms with van der Waals surface area (Å²) in [6.07, 6.45) is 1.54. The Kier molecular flexibility index (Phi) is 3.55. The van der Waals surface area contributed by atoms with Gasteiger partial charge in [0.15, 0.2) is 11.6 Å². The smallest absolute Gasteiger partial charge is 0.293 e. The molecule has 2 heterocycles. The van der Waals surface area contributed by atoms with Crippen LogP contribution in [0.25, 0.3) is 0 Å². The number of carbonyl (C=O) groups is 2. The Morgan fingerprint density at radius 2 is 2.00 bits per heavy atom. The highest BCUT2D eigenvalue weighted by molar-refractivity contribution is 6.07. The first kappa shape index (κ1) is 13.8.